The second-order valence-electron chi connectivity index (χ2n) is 5.23. The van der Waals surface area contributed by atoms with E-state index in [1.807, 2.05) is 38.1 Å². The van der Waals surface area contributed by atoms with Crippen LogP contribution in [-0.2, 0) is 11.4 Å². The molecule has 1 amide bonds. The van der Waals surface area contributed by atoms with E-state index in [2.05, 4.69) is 5.16 Å². The molecule has 116 valence electrons. The Morgan fingerprint density at radius 1 is 1.27 bits per heavy atom. The zero-order valence-corrected chi connectivity index (χ0v) is 13.3. The van der Waals surface area contributed by atoms with Crippen LogP contribution >= 0.6 is 0 Å². The molecule has 0 spiro atoms. The van der Waals surface area contributed by atoms with E-state index >= 15 is 0 Å². The highest BCUT2D eigenvalue weighted by Crippen LogP contribution is 2.18. The zero-order valence-electron chi connectivity index (χ0n) is 13.3. The first-order chi connectivity index (χ1) is 10.5. The molecule has 0 N–H and O–H groups in total. The van der Waals surface area contributed by atoms with Crippen molar-refractivity contribution in [2.24, 2.45) is 0 Å². The lowest BCUT2D eigenvalue weighted by atomic mass is 10.2. The van der Waals surface area contributed by atoms with E-state index in [0.717, 1.165) is 28.3 Å². The third kappa shape index (κ3) is 3.97. The summed E-state index contributed by atoms with van der Waals surface area (Å²) in [5, 5.41) is 3.90. The van der Waals surface area contributed by atoms with Crippen LogP contribution in [0.2, 0.25) is 0 Å². The second-order valence-corrected chi connectivity index (χ2v) is 5.23. The minimum atomic E-state index is -0.0428. The van der Waals surface area contributed by atoms with Gasteiger partial charge in [-0.1, -0.05) is 17.3 Å². The third-order valence-corrected chi connectivity index (χ3v) is 3.30. The summed E-state index contributed by atoms with van der Waals surface area (Å²) in [6.07, 6.45) is 3.32. The van der Waals surface area contributed by atoms with Crippen molar-refractivity contribution in [1.29, 1.82) is 0 Å². The van der Waals surface area contributed by atoms with Crippen molar-refractivity contribution in [1.82, 2.24) is 10.1 Å². The standard InChI is InChI=1S/C17H20N2O3/c1-12-16(13(2)22-18-12)11-21-15-8-5-14(6-9-15)7-10-17(20)19(3)4/h5-10H,11H2,1-4H3. The summed E-state index contributed by atoms with van der Waals surface area (Å²) in [6.45, 7) is 4.19. The largest absolute Gasteiger partial charge is 0.489 e. The Morgan fingerprint density at radius 2 is 1.95 bits per heavy atom. The molecule has 1 aromatic carbocycles. The number of carbonyl (C=O) groups is 1. The van der Waals surface area contributed by atoms with Gasteiger partial charge < -0.3 is 14.2 Å². The van der Waals surface area contributed by atoms with Crippen LogP contribution in [0.3, 0.4) is 0 Å². The van der Waals surface area contributed by atoms with Crippen LogP contribution < -0.4 is 4.74 Å². The summed E-state index contributed by atoms with van der Waals surface area (Å²) in [5.41, 5.74) is 2.76. The van der Waals surface area contributed by atoms with E-state index < -0.39 is 0 Å². The lowest BCUT2D eigenvalue weighted by Gasteiger charge is -2.07. The van der Waals surface area contributed by atoms with Crippen molar-refractivity contribution >= 4 is 12.0 Å². The molecule has 0 aliphatic carbocycles. The number of benzene rings is 1. The van der Waals surface area contributed by atoms with Crippen molar-refractivity contribution in [3.05, 3.63) is 52.9 Å². The molecule has 5 nitrogen and oxygen atoms in total. The van der Waals surface area contributed by atoms with Gasteiger partial charge in [0.05, 0.1) is 11.3 Å². The number of amides is 1. The van der Waals surface area contributed by atoms with Gasteiger partial charge in [0.1, 0.15) is 18.1 Å². The van der Waals surface area contributed by atoms with E-state index in [1.165, 1.54) is 4.90 Å². The molecular weight excluding hydrogens is 280 g/mol. The van der Waals surface area contributed by atoms with Gasteiger partial charge >= 0.3 is 0 Å². The van der Waals surface area contributed by atoms with E-state index in [4.69, 9.17) is 9.26 Å². The Labute approximate surface area is 130 Å². The molecule has 2 rings (SSSR count). The number of aryl methyl sites for hydroxylation is 2. The third-order valence-electron chi connectivity index (χ3n) is 3.30. The van der Waals surface area contributed by atoms with Crippen molar-refractivity contribution in [3.63, 3.8) is 0 Å². The molecule has 1 aromatic heterocycles. The van der Waals surface area contributed by atoms with Crippen molar-refractivity contribution in [3.8, 4) is 5.75 Å². The predicted octanol–water partition coefficient (Wildman–Crippen LogP) is 2.97. The van der Waals surface area contributed by atoms with Crippen molar-refractivity contribution in [2.45, 2.75) is 20.5 Å². The number of hydrogen-bond donors (Lipinski definition) is 0. The molecule has 2 aromatic rings. The van der Waals surface area contributed by atoms with E-state index in [0.29, 0.717) is 6.61 Å². The monoisotopic (exact) mass is 300 g/mol. The Hall–Kier alpha value is -2.56. The number of ether oxygens (including phenoxy) is 1. The van der Waals surface area contributed by atoms with Crippen molar-refractivity contribution in [2.75, 3.05) is 14.1 Å². The van der Waals surface area contributed by atoms with E-state index in [-0.39, 0.29) is 5.91 Å². The lowest BCUT2D eigenvalue weighted by Crippen LogP contribution is -2.18. The highest BCUT2D eigenvalue weighted by molar-refractivity contribution is 5.91. The number of aromatic nitrogens is 1. The molecule has 0 radical (unpaired) electrons. The van der Waals surface area contributed by atoms with Gasteiger partial charge in [-0.15, -0.1) is 0 Å². The summed E-state index contributed by atoms with van der Waals surface area (Å²) >= 11 is 0. The Balaban J connectivity index is 1.96. The van der Waals surface area contributed by atoms with Crippen LogP contribution in [0.1, 0.15) is 22.6 Å². The minimum Gasteiger partial charge on any atom is -0.489 e. The summed E-state index contributed by atoms with van der Waals surface area (Å²) in [6, 6.07) is 7.56. The molecule has 0 saturated heterocycles. The molecule has 0 aliphatic heterocycles. The van der Waals surface area contributed by atoms with Gasteiger partial charge in [0.25, 0.3) is 0 Å². The maximum Gasteiger partial charge on any atom is 0.246 e. The molecular formula is C17H20N2O3. The maximum absolute atomic E-state index is 11.5. The van der Waals surface area contributed by atoms with Crippen LogP contribution in [0.15, 0.2) is 34.9 Å². The molecule has 1 heterocycles. The number of rotatable bonds is 5. The fourth-order valence-corrected chi connectivity index (χ4v) is 1.86. The van der Waals surface area contributed by atoms with Gasteiger partial charge in [0.2, 0.25) is 5.91 Å². The minimum absolute atomic E-state index is 0.0428. The number of likely N-dealkylation sites (N-methyl/N-ethyl adjacent to an activating group) is 1. The van der Waals surface area contributed by atoms with Crippen LogP contribution in [0.25, 0.3) is 6.08 Å². The van der Waals surface area contributed by atoms with Crippen LogP contribution in [0.4, 0.5) is 0 Å². The highest BCUT2D eigenvalue weighted by Gasteiger charge is 2.09. The lowest BCUT2D eigenvalue weighted by molar-refractivity contribution is -0.123. The quantitative estimate of drug-likeness (QED) is 0.797. The molecule has 0 aliphatic rings. The van der Waals surface area contributed by atoms with Gasteiger partial charge in [-0.3, -0.25) is 4.79 Å². The van der Waals surface area contributed by atoms with Gasteiger partial charge in [0.15, 0.2) is 0 Å². The van der Waals surface area contributed by atoms with Crippen LogP contribution in [0.5, 0.6) is 5.75 Å². The van der Waals surface area contributed by atoms with Crippen LogP contribution in [0, 0.1) is 13.8 Å². The van der Waals surface area contributed by atoms with Crippen LogP contribution in [-0.4, -0.2) is 30.1 Å². The predicted molar refractivity (Wildman–Crippen MR) is 84.5 cm³/mol. The Kier molecular flexibility index (Phi) is 4.99. The van der Waals surface area contributed by atoms with Gasteiger partial charge in [-0.2, -0.15) is 0 Å². The molecule has 0 bridgehead atoms. The maximum atomic E-state index is 11.5. The molecule has 0 fully saturated rings. The summed E-state index contributed by atoms with van der Waals surface area (Å²) in [7, 11) is 3.44. The first-order valence-electron chi connectivity index (χ1n) is 7.01. The summed E-state index contributed by atoms with van der Waals surface area (Å²) < 4.78 is 10.8. The zero-order chi connectivity index (χ0) is 16.1. The van der Waals surface area contributed by atoms with Gasteiger partial charge in [-0.05, 0) is 37.6 Å². The average molecular weight is 300 g/mol. The smallest absolute Gasteiger partial charge is 0.246 e. The molecule has 0 unspecified atom stereocenters. The molecule has 22 heavy (non-hydrogen) atoms. The number of nitrogens with zero attached hydrogens (tertiary/aromatic N) is 2. The molecule has 0 atom stereocenters. The normalized spacial score (nSPS) is 10.9. The number of carbonyl (C=O) groups excluding carboxylic acids is 1. The SMILES string of the molecule is Cc1noc(C)c1COc1ccc(C=CC(=O)N(C)C)cc1. The number of hydrogen-bond acceptors (Lipinski definition) is 4. The first-order valence-corrected chi connectivity index (χ1v) is 7.01. The Bertz CT molecular complexity index is 650. The van der Waals surface area contributed by atoms with Crippen molar-refractivity contribution < 1.29 is 14.1 Å². The van der Waals surface area contributed by atoms with Gasteiger partial charge in [-0.25, -0.2) is 0 Å². The summed E-state index contributed by atoms with van der Waals surface area (Å²) in [5.74, 6) is 1.49. The second kappa shape index (κ2) is 6.93. The average Bonchev–Trinajstić information content (AvgIpc) is 2.82. The fraction of sp³-hybridized carbons (Fsp3) is 0.294. The first kappa shape index (κ1) is 15.8. The molecule has 5 heteroatoms. The topological polar surface area (TPSA) is 55.6 Å². The van der Waals surface area contributed by atoms with E-state index in [1.54, 1.807) is 26.2 Å². The highest BCUT2D eigenvalue weighted by atomic mass is 16.5. The Morgan fingerprint density at radius 3 is 2.50 bits per heavy atom. The molecule has 0 saturated carbocycles. The summed E-state index contributed by atoms with van der Waals surface area (Å²) in [4.78, 5) is 13.0. The fourth-order valence-electron chi connectivity index (χ4n) is 1.86. The van der Waals surface area contributed by atoms with Gasteiger partial charge in [0, 0.05) is 20.2 Å². The van der Waals surface area contributed by atoms with E-state index in [9.17, 15) is 4.79 Å².